The first-order valence-corrected chi connectivity index (χ1v) is 5.83. The molecule has 1 aromatic rings. The van der Waals surface area contributed by atoms with Crippen LogP contribution in [-0.4, -0.2) is 11.9 Å². The van der Waals surface area contributed by atoms with Crippen molar-refractivity contribution in [3.8, 4) is 0 Å². The van der Waals surface area contributed by atoms with Gasteiger partial charge in [-0.15, -0.1) is 0 Å². The van der Waals surface area contributed by atoms with Gasteiger partial charge in [-0.3, -0.25) is 4.79 Å². The summed E-state index contributed by atoms with van der Waals surface area (Å²) in [6, 6.07) is 2.37. The SMILES string of the molecule is O=C(NC1CCC1)c1c(F)ccc(Br)c1F. The van der Waals surface area contributed by atoms with Crippen LogP contribution in [-0.2, 0) is 0 Å². The van der Waals surface area contributed by atoms with Gasteiger partial charge in [0.25, 0.3) is 5.91 Å². The maximum absolute atomic E-state index is 13.5. The van der Waals surface area contributed by atoms with E-state index < -0.39 is 23.1 Å². The van der Waals surface area contributed by atoms with Crippen molar-refractivity contribution in [1.82, 2.24) is 5.32 Å². The van der Waals surface area contributed by atoms with Crippen LogP contribution in [0.15, 0.2) is 16.6 Å². The number of benzene rings is 1. The molecular weight excluding hydrogens is 280 g/mol. The number of rotatable bonds is 2. The smallest absolute Gasteiger partial charge is 0.257 e. The summed E-state index contributed by atoms with van der Waals surface area (Å²) in [5.41, 5.74) is -0.513. The van der Waals surface area contributed by atoms with E-state index in [4.69, 9.17) is 0 Å². The lowest BCUT2D eigenvalue weighted by Crippen LogP contribution is -2.40. The molecule has 0 aromatic heterocycles. The topological polar surface area (TPSA) is 29.1 Å². The van der Waals surface area contributed by atoms with Gasteiger partial charge >= 0.3 is 0 Å². The first kappa shape index (κ1) is 11.5. The largest absolute Gasteiger partial charge is 0.349 e. The number of amides is 1. The van der Waals surface area contributed by atoms with Gasteiger partial charge in [-0.1, -0.05) is 0 Å². The molecule has 5 heteroatoms. The molecule has 0 bridgehead atoms. The Hall–Kier alpha value is -0.970. The molecule has 1 aliphatic carbocycles. The summed E-state index contributed by atoms with van der Waals surface area (Å²) in [5, 5.41) is 2.60. The van der Waals surface area contributed by atoms with Crippen LogP contribution >= 0.6 is 15.9 Å². The van der Waals surface area contributed by atoms with E-state index >= 15 is 0 Å². The molecule has 1 N–H and O–H groups in total. The molecule has 1 saturated carbocycles. The molecule has 2 nitrogen and oxygen atoms in total. The molecular formula is C11H10BrF2NO. The molecule has 1 aliphatic rings. The van der Waals surface area contributed by atoms with Crippen LogP contribution < -0.4 is 5.32 Å². The molecule has 1 fully saturated rings. The molecule has 16 heavy (non-hydrogen) atoms. The Kier molecular flexibility index (Phi) is 3.23. The Bertz CT molecular complexity index is 432. The van der Waals surface area contributed by atoms with Crippen LogP contribution in [0.25, 0.3) is 0 Å². The van der Waals surface area contributed by atoms with E-state index in [1.54, 1.807) is 0 Å². The summed E-state index contributed by atoms with van der Waals surface area (Å²) in [6.45, 7) is 0. The van der Waals surface area contributed by atoms with Gasteiger partial charge in [-0.05, 0) is 47.3 Å². The number of hydrogen-bond acceptors (Lipinski definition) is 1. The summed E-state index contributed by atoms with van der Waals surface area (Å²) in [4.78, 5) is 11.6. The van der Waals surface area contributed by atoms with Gasteiger partial charge < -0.3 is 5.32 Å². The highest BCUT2D eigenvalue weighted by atomic mass is 79.9. The van der Waals surface area contributed by atoms with E-state index in [1.165, 1.54) is 6.07 Å². The molecule has 0 unspecified atom stereocenters. The van der Waals surface area contributed by atoms with Gasteiger partial charge in [-0.25, -0.2) is 8.78 Å². The van der Waals surface area contributed by atoms with Gasteiger partial charge in [0.15, 0.2) is 5.82 Å². The lowest BCUT2D eigenvalue weighted by atomic mass is 9.93. The zero-order valence-electron chi connectivity index (χ0n) is 8.40. The minimum absolute atomic E-state index is 0.0604. The van der Waals surface area contributed by atoms with Gasteiger partial charge in [-0.2, -0.15) is 0 Å². The molecule has 1 amide bonds. The van der Waals surface area contributed by atoms with E-state index in [2.05, 4.69) is 21.2 Å². The number of hydrogen-bond donors (Lipinski definition) is 1. The van der Waals surface area contributed by atoms with Crippen molar-refractivity contribution < 1.29 is 13.6 Å². The average molecular weight is 290 g/mol. The fraction of sp³-hybridized carbons (Fsp3) is 0.364. The molecule has 0 heterocycles. The molecule has 0 atom stereocenters. The van der Waals surface area contributed by atoms with Crippen molar-refractivity contribution in [3.63, 3.8) is 0 Å². The lowest BCUT2D eigenvalue weighted by Gasteiger charge is -2.26. The Morgan fingerprint density at radius 3 is 2.62 bits per heavy atom. The zero-order valence-corrected chi connectivity index (χ0v) is 9.98. The van der Waals surface area contributed by atoms with E-state index in [1.807, 2.05) is 0 Å². The van der Waals surface area contributed by atoms with Crippen LogP contribution in [0.4, 0.5) is 8.78 Å². The fourth-order valence-corrected chi connectivity index (χ4v) is 1.88. The maximum Gasteiger partial charge on any atom is 0.257 e. The van der Waals surface area contributed by atoms with Crippen LogP contribution in [0.5, 0.6) is 0 Å². The highest BCUT2D eigenvalue weighted by Gasteiger charge is 2.24. The zero-order chi connectivity index (χ0) is 11.7. The van der Waals surface area contributed by atoms with Gasteiger partial charge in [0.1, 0.15) is 11.4 Å². The van der Waals surface area contributed by atoms with Crippen LogP contribution in [0.2, 0.25) is 0 Å². The molecule has 1 aromatic carbocycles. The highest BCUT2D eigenvalue weighted by Crippen LogP contribution is 2.23. The molecule has 0 aliphatic heterocycles. The second-order valence-electron chi connectivity index (χ2n) is 3.82. The van der Waals surface area contributed by atoms with Gasteiger partial charge in [0.05, 0.1) is 4.47 Å². The summed E-state index contributed by atoms with van der Waals surface area (Å²) in [5.74, 6) is -2.37. The standard InChI is InChI=1S/C11H10BrF2NO/c12-7-4-5-8(13)9(10(7)14)11(16)15-6-2-1-3-6/h4-6H,1-3H2,(H,15,16). The third-order valence-corrected chi connectivity index (χ3v) is 3.32. The lowest BCUT2D eigenvalue weighted by molar-refractivity contribution is 0.0908. The Morgan fingerprint density at radius 2 is 2.06 bits per heavy atom. The number of carbonyl (C=O) groups is 1. The van der Waals surface area contributed by atoms with Crippen molar-refractivity contribution >= 4 is 21.8 Å². The molecule has 86 valence electrons. The first-order valence-electron chi connectivity index (χ1n) is 5.04. The van der Waals surface area contributed by atoms with E-state index in [9.17, 15) is 13.6 Å². The second-order valence-corrected chi connectivity index (χ2v) is 4.67. The van der Waals surface area contributed by atoms with Crippen molar-refractivity contribution in [1.29, 1.82) is 0 Å². The monoisotopic (exact) mass is 289 g/mol. The Morgan fingerprint density at radius 1 is 1.38 bits per heavy atom. The molecule has 0 saturated heterocycles. The van der Waals surface area contributed by atoms with Crippen LogP contribution in [0.1, 0.15) is 29.6 Å². The second kappa shape index (κ2) is 4.49. The summed E-state index contributed by atoms with van der Waals surface area (Å²) >= 11 is 2.92. The quantitative estimate of drug-likeness (QED) is 0.833. The number of carbonyl (C=O) groups excluding carboxylic acids is 1. The van der Waals surface area contributed by atoms with Gasteiger partial charge in [0.2, 0.25) is 0 Å². The van der Waals surface area contributed by atoms with Crippen molar-refractivity contribution in [2.45, 2.75) is 25.3 Å². The Balaban J connectivity index is 2.24. The minimum atomic E-state index is -0.850. The van der Waals surface area contributed by atoms with Crippen molar-refractivity contribution in [3.05, 3.63) is 33.8 Å². The average Bonchev–Trinajstić information content (AvgIpc) is 2.18. The Labute approximate surface area is 100 Å². The van der Waals surface area contributed by atoms with E-state index in [-0.39, 0.29) is 10.5 Å². The summed E-state index contributed by atoms with van der Waals surface area (Å²) in [7, 11) is 0. The van der Waals surface area contributed by atoms with Crippen molar-refractivity contribution in [2.24, 2.45) is 0 Å². The molecule has 0 spiro atoms. The third-order valence-electron chi connectivity index (χ3n) is 2.71. The summed E-state index contributed by atoms with van der Waals surface area (Å²) < 4.78 is 27.0. The molecule has 0 radical (unpaired) electrons. The minimum Gasteiger partial charge on any atom is -0.349 e. The normalized spacial score (nSPS) is 15.7. The molecule has 2 rings (SSSR count). The van der Waals surface area contributed by atoms with E-state index in [0.717, 1.165) is 25.3 Å². The highest BCUT2D eigenvalue weighted by molar-refractivity contribution is 9.10. The third kappa shape index (κ3) is 2.09. The van der Waals surface area contributed by atoms with E-state index in [0.29, 0.717) is 0 Å². The first-order chi connectivity index (χ1) is 7.59. The number of nitrogens with one attached hydrogen (secondary N) is 1. The fourth-order valence-electron chi connectivity index (χ4n) is 1.55. The van der Waals surface area contributed by atoms with Crippen LogP contribution in [0, 0.1) is 11.6 Å². The maximum atomic E-state index is 13.5. The number of halogens is 3. The van der Waals surface area contributed by atoms with Crippen LogP contribution in [0.3, 0.4) is 0 Å². The van der Waals surface area contributed by atoms with Crippen molar-refractivity contribution in [2.75, 3.05) is 0 Å². The van der Waals surface area contributed by atoms with Gasteiger partial charge in [0, 0.05) is 6.04 Å². The predicted octanol–water partition coefficient (Wildman–Crippen LogP) is 3.01. The summed E-state index contributed by atoms with van der Waals surface area (Å²) in [6.07, 6.45) is 2.81. The predicted molar refractivity (Wildman–Crippen MR) is 59.2 cm³/mol.